The summed E-state index contributed by atoms with van der Waals surface area (Å²) in [5.41, 5.74) is 7.58. The van der Waals surface area contributed by atoms with Gasteiger partial charge in [-0.15, -0.1) is 0 Å². The number of anilines is 3. The van der Waals surface area contributed by atoms with Gasteiger partial charge < -0.3 is 15.5 Å². The number of pyridine rings is 1. The van der Waals surface area contributed by atoms with Gasteiger partial charge in [0.25, 0.3) is 0 Å². The minimum atomic E-state index is 0.670. The monoisotopic (exact) mass is 366 g/mol. The Labute approximate surface area is 137 Å². The Morgan fingerprint density at radius 3 is 2.48 bits per heavy atom. The predicted molar refractivity (Wildman–Crippen MR) is 92.2 cm³/mol. The minimum Gasteiger partial charge on any atom is -0.397 e. The summed E-state index contributed by atoms with van der Waals surface area (Å²) in [6.07, 6.45) is 1.70. The molecule has 0 unspecified atom stereocenters. The molecule has 2 N–H and O–H groups in total. The Morgan fingerprint density at radius 1 is 1.10 bits per heavy atom. The molecular weight excluding hydrogens is 352 g/mol. The Hall–Kier alpha value is -1.46. The molecule has 1 fully saturated rings. The van der Waals surface area contributed by atoms with Gasteiger partial charge in [-0.05, 0) is 40.2 Å². The number of nitrogens with two attached hydrogens (primary N) is 1. The first-order valence-electron chi connectivity index (χ1n) is 6.80. The highest BCUT2D eigenvalue weighted by molar-refractivity contribution is 9.10. The van der Waals surface area contributed by atoms with Crippen LogP contribution in [0.5, 0.6) is 0 Å². The smallest absolute Gasteiger partial charge is 0.143 e. The Balaban J connectivity index is 1.70. The summed E-state index contributed by atoms with van der Waals surface area (Å²) in [6, 6.07) is 9.89. The summed E-state index contributed by atoms with van der Waals surface area (Å²) in [7, 11) is 0. The molecule has 0 bridgehead atoms. The third-order valence-electron chi connectivity index (χ3n) is 3.60. The summed E-state index contributed by atoms with van der Waals surface area (Å²) in [6.45, 7) is 3.72. The number of aromatic nitrogens is 1. The summed E-state index contributed by atoms with van der Waals surface area (Å²) < 4.78 is 0.943. The molecule has 1 saturated heterocycles. The van der Waals surface area contributed by atoms with Gasteiger partial charge in [0.15, 0.2) is 0 Å². The first-order valence-corrected chi connectivity index (χ1v) is 7.97. The Morgan fingerprint density at radius 2 is 1.81 bits per heavy atom. The van der Waals surface area contributed by atoms with E-state index in [0.29, 0.717) is 5.69 Å². The zero-order valence-electron chi connectivity index (χ0n) is 11.5. The van der Waals surface area contributed by atoms with Crippen molar-refractivity contribution in [2.75, 3.05) is 41.7 Å². The molecule has 1 aromatic heterocycles. The van der Waals surface area contributed by atoms with Crippen molar-refractivity contribution in [3.8, 4) is 0 Å². The van der Waals surface area contributed by atoms with Crippen molar-refractivity contribution in [3.05, 3.63) is 46.0 Å². The molecule has 2 aromatic rings. The average Bonchev–Trinajstić information content (AvgIpc) is 2.47. The van der Waals surface area contributed by atoms with Gasteiger partial charge in [0.1, 0.15) is 5.82 Å². The average molecular weight is 368 g/mol. The summed E-state index contributed by atoms with van der Waals surface area (Å²) in [5.74, 6) is 0.954. The summed E-state index contributed by atoms with van der Waals surface area (Å²) in [4.78, 5) is 9.04. The molecule has 110 valence electrons. The predicted octanol–water partition coefficient (Wildman–Crippen LogP) is 3.41. The molecule has 0 radical (unpaired) electrons. The lowest BCUT2D eigenvalue weighted by Gasteiger charge is -2.37. The van der Waals surface area contributed by atoms with Crippen LogP contribution in [0.4, 0.5) is 17.2 Å². The lowest BCUT2D eigenvalue weighted by molar-refractivity contribution is 0.646. The van der Waals surface area contributed by atoms with E-state index in [1.165, 1.54) is 5.69 Å². The standard InChI is InChI=1S/C15H16BrClN4/c16-14-9-12(18)10-19-15(14)21-6-4-20(5-7-21)13-3-1-2-11(17)8-13/h1-3,8-10H,4-7,18H2. The van der Waals surface area contributed by atoms with Gasteiger partial charge in [0, 0.05) is 36.9 Å². The number of rotatable bonds is 2. The van der Waals surface area contributed by atoms with E-state index >= 15 is 0 Å². The number of hydrogen-bond donors (Lipinski definition) is 1. The van der Waals surface area contributed by atoms with Crippen LogP contribution in [-0.4, -0.2) is 31.2 Å². The molecule has 0 spiro atoms. The lowest BCUT2D eigenvalue weighted by Crippen LogP contribution is -2.47. The number of piperazine rings is 1. The van der Waals surface area contributed by atoms with Crippen molar-refractivity contribution >= 4 is 44.7 Å². The number of benzene rings is 1. The highest BCUT2D eigenvalue weighted by atomic mass is 79.9. The summed E-state index contributed by atoms with van der Waals surface area (Å²) >= 11 is 9.60. The van der Waals surface area contributed by atoms with E-state index in [-0.39, 0.29) is 0 Å². The van der Waals surface area contributed by atoms with E-state index in [1.807, 2.05) is 24.3 Å². The van der Waals surface area contributed by atoms with Gasteiger partial charge in [-0.2, -0.15) is 0 Å². The van der Waals surface area contributed by atoms with Gasteiger partial charge >= 0.3 is 0 Å². The second-order valence-electron chi connectivity index (χ2n) is 5.03. The molecule has 3 rings (SSSR count). The maximum absolute atomic E-state index is 6.06. The number of nitrogen functional groups attached to an aromatic ring is 1. The van der Waals surface area contributed by atoms with Crippen LogP contribution in [0.3, 0.4) is 0 Å². The lowest BCUT2D eigenvalue weighted by atomic mass is 10.2. The van der Waals surface area contributed by atoms with Gasteiger partial charge in [0.2, 0.25) is 0 Å². The van der Waals surface area contributed by atoms with E-state index in [1.54, 1.807) is 6.20 Å². The quantitative estimate of drug-likeness (QED) is 0.883. The van der Waals surface area contributed by atoms with Crippen LogP contribution in [0, 0.1) is 0 Å². The van der Waals surface area contributed by atoms with Crippen LogP contribution in [0.25, 0.3) is 0 Å². The molecule has 0 amide bonds. The van der Waals surface area contributed by atoms with E-state index in [4.69, 9.17) is 17.3 Å². The van der Waals surface area contributed by atoms with Crippen molar-refractivity contribution in [1.82, 2.24) is 4.98 Å². The van der Waals surface area contributed by atoms with Crippen molar-refractivity contribution < 1.29 is 0 Å². The normalized spacial score (nSPS) is 15.3. The molecule has 1 aliphatic rings. The molecule has 4 nitrogen and oxygen atoms in total. The third kappa shape index (κ3) is 3.24. The maximum atomic E-state index is 6.06. The number of nitrogens with zero attached hydrogens (tertiary/aromatic N) is 3. The van der Waals surface area contributed by atoms with Crippen LogP contribution < -0.4 is 15.5 Å². The highest BCUT2D eigenvalue weighted by Crippen LogP contribution is 2.27. The van der Waals surface area contributed by atoms with E-state index in [9.17, 15) is 0 Å². The van der Waals surface area contributed by atoms with Gasteiger partial charge in [-0.3, -0.25) is 0 Å². The first kappa shape index (κ1) is 14.5. The molecule has 0 saturated carbocycles. The fraction of sp³-hybridized carbons (Fsp3) is 0.267. The molecule has 6 heteroatoms. The SMILES string of the molecule is Nc1cnc(N2CCN(c3cccc(Cl)c3)CC2)c(Br)c1. The van der Waals surface area contributed by atoms with Crippen molar-refractivity contribution in [1.29, 1.82) is 0 Å². The first-order chi connectivity index (χ1) is 10.1. The Kier molecular flexibility index (Phi) is 4.22. The van der Waals surface area contributed by atoms with Crippen LogP contribution in [0.2, 0.25) is 5.02 Å². The van der Waals surface area contributed by atoms with E-state index < -0.39 is 0 Å². The summed E-state index contributed by atoms with van der Waals surface area (Å²) in [5, 5.41) is 0.776. The largest absolute Gasteiger partial charge is 0.397 e. The molecule has 0 aliphatic carbocycles. The molecule has 1 aromatic carbocycles. The van der Waals surface area contributed by atoms with Crippen LogP contribution in [-0.2, 0) is 0 Å². The van der Waals surface area contributed by atoms with E-state index in [2.05, 4.69) is 36.8 Å². The zero-order chi connectivity index (χ0) is 14.8. The number of hydrogen-bond acceptors (Lipinski definition) is 4. The molecule has 2 heterocycles. The number of halogens is 2. The second-order valence-corrected chi connectivity index (χ2v) is 6.32. The van der Waals surface area contributed by atoms with Gasteiger partial charge in [-0.1, -0.05) is 17.7 Å². The van der Waals surface area contributed by atoms with Crippen LogP contribution >= 0.6 is 27.5 Å². The molecular formula is C15H16BrClN4. The second kappa shape index (κ2) is 6.12. The topological polar surface area (TPSA) is 45.4 Å². The zero-order valence-corrected chi connectivity index (χ0v) is 13.8. The van der Waals surface area contributed by atoms with E-state index in [0.717, 1.165) is 41.5 Å². The van der Waals surface area contributed by atoms with Gasteiger partial charge in [0.05, 0.1) is 16.4 Å². The third-order valence-corrected chi connectivity index (χ3v) is 4.41. The Bertz CT molecular complexity index is 641. The van der Waals surface area contributed by atoms with Crippen molar-refractivity contribution in [3.63, 3.8) is 0 Å². The minimum absolute atomic E-state index is 0.670. The van der Waals surface area contributed by atoms with Crippen LogP contribution in [0.15, 0.2) is 41.0 Å². The van der Waals surface area contributed by atoms with Crippen molar-refractivity contribution in [2.24, 2.45) is 0 Å². The fourth-order valence-corrected chi connectivity index (χ4v) is 3.33. The van der Waals surface area contributed by atoms with Gasteiger partial charge in [-0.25, -0.2) is 4.98 Å². The maximum Gasteiger partial charge on any atom is 0.143 e. The molecule has 21 heavy (non-hydrogen) atoms. The van der Waals surface area contributed by atoms with Crippen molar-refractivity contribution in [2.45, 2.75) is 0 Å². The molecule has 0 atom stereocenters. The fourth-order valence-electron chi connectivity index (χ4n) is 2.53. The van der Waals surface area contributed by atoms with Crippen LogP contribution in [0.1, 0.15) is 0 Å². The molecule has 1 aliphatic heterocycles. The highest BCUT2D eigenvalue weighted by Gasteiger charge is 2.20.